The summed E-state index contributed by atoms with van der Waals surface area (Å²) in [5.41, 5.74) is 0. The summed E-state index contributed by atoms with van der Waals surface area (Å²) in [4.78, 5) is 0. The maximum absolute atomic E-state index is 11.3. The summed E-state index contributed by atoms with van der Waals surface area (Å²) in [6.07, 6.45) is 18.1. The first-order valence-electron chi connectivity index (χ1n) is 11.5. The van der Waals surface area contributed by atoms with Crippen molar-refractivity contribution in [1.82, 2.24) is 0 Å². The van der Waals surface area contributed by atoms with E-state index in [9.17, 15) is 18.1 Å². The average Bonchev–Trinajstić information content (AvgIpc) is 2.61. The van der Waals surface area contributed by atoms with Gasteiger partial charge in [-0.05, 0) is 25.7 Å². The predicted molar refractivity (Wildman–Crippen MR) is 114 cm³/mol. The zero-order valence-corrected chi connectivity index (χ0v) is 21.8. The molecule has 0 saturated heterocycles. The van der Waals surface area contributed by atoms with Crippen LogP contribution in [0, 0.1) is 0 Å². The molecule has 0 fully saturated rings. The van der Waals surface area contributed by atoms with Crippen molar-refractivity contribution in [2.24, 2.45) is 0 Å². The largest absolute Gasteiger partial charge is 1.00 e. The summed E-state index contributed by atoms with van der Waals surface area (Å²) in [7, 11) is -4.17. The number of hydrogen-bond acceptors (Lipinski definition) is 4. The van der Waals surface area contributed by atoms with E-state index in [0.717, 1.165) is 57.8 Å². The zero-order valence-electron chi connectivity index (χ0n) is 19.0. The van der Waals surface area contributed by atoms with Gasteiger partial charge in [0.2, 0.25) is 0 Å². The molecule has 0 spiro atoms. The maximum Gasteiger partial charge on any atom is 1.00 e. The van der Waals surface area contributed by atoms with Crippen LogP contribution in [-0.4, -0.2) is 29.4 Å². The molecular weight excluding hydrogens is 383 g/mol. The van der Waals surface area contributed by atoms with Crippen LogP contribution in [0.3, 0.4) is 0 Å². The molecule has 0 saturated carbocycles. The van der Waals surface area contributed by atoms with Gasteiger partial charge in [0.05, 0.1) is 16.2 Å². The maximum atomic E-state index is 11.3. The van der Waals surface area contributed by atoms with Crippen molar-refractivity contribution in [1.29, 1.82) is 0 Å². The minimum absolute atomic E-state index is 0. The van der Waals surface area contributed by atoms with Crippen molar-refractivity contribution < 1.29 is 47.6 Å². The zero-order chi connectivity index (χ0) is 20.4. The van der Waals surface area contributed by atoms with Gasteiger partial charge >= 0.3 is 29.6 Å². The fourth-order valence-electron chi connectivity index (χ4n) is 3.64. The SMILES string of the molecule is CCCCCCCCCCC(O)CCCCCC(CCCCC)S(=O)(=O)[O-].[Na+]. The van der Waals surface area contributed by atoms with Crippen molar-refractivity contribution in [3.63, 3.8) is 0 Å². The molecule has 4 nitrogen and oxygen atoms in total. The van der Waals surface area contributed by atoms with E-state index in [0.29, 0.717) is 12.8 Å². The van der Waals surface area contributed by atoms with Crippen LogP contribution in [0.1, 0.15) is 129 Å². The number of unbranched alkanes of at least 4 members (excludes halogenated alkanes) is 11. The van der Waals surface area contributed by atoms with Crippen molar-refractivity contribution in [2.75, 3.05) is 0 Å². The number of aliphatic hydroxyl groups is 1. The first-order chi connectivity index (χ1) is 12.9. The second-order valence-corrected chi connectivity index (χ2v) is 9.82. The Bertz CT molecular complexity index is 415. The molecule has 0 aromatic rings. The Kier molecular flexibility index (Phi) is 23.4. The van der Waals surface area contributed by atoms with Crippen molar-refractivity contribution in [3.05, 3.63) is 0 Å². The van der Waals surface area contributed by atoms with E-state index in [4.69, 9.17) is 0 Å². The molecule has 2 unspecified atom stereocenters. The minimum atomic E-state index is -4.17. The van der Waals surface area contributed by atoms with Gasteiger partial charge in [-0.15, -0.1) is 0 Å². The van der Waals surface area contributed by atoms with E-state index < -0.39 is 15.4 Å². The van der Waals surface area contributed by atoms with Crippen LogP contribution in [0.2, 0.25) is 0 Å². The molecule has 0 bridgehead atoms. The van der Waals surface area contributed by atoms with Crippen molar-refractivity contribution in [2.45, 2.75) is 141 Å². The number of rotatable bonds is 20. The molecular formula is C22H45NaO4S. The first-order valence-corrected chi connectivity index (χ1v) is 13.0. The monoisotopic (exact) mass is 428 g/mol. The molecule has 0 aliphatic rings. The third kappa shape index (κ3) is 20.2. The van der Waals surface area contributed by atoms with Crippen molar-refractivity contribution >= 4 is 10.1 Å². The van der Waals surface area contributed by atoms with Gasteiger partial charge in [0, 0.05) is 5.25 Å². The van der Waals surface area contributed by atoms with Crippen LogP contribution in [0.15, 0.2) is 0 Å². The molecule has 1 N–H and O–H groups in total. The summed E-state index contributed by atoms with van der Waals surface area (Å²) >= 11 is 0. The summed E-state index contributed by atoms with van der Waals surface area (Å²) in [5, 5.41) is 9.34. The fourth-order valence-corrected chi connectivity index (χ4v) is 4.55. The molecule has 6 heteroatoms. The first kappa shape index (κ1) is 31.1. The van der Waals surface area contributed by atoms with E-state index in [1.54, 1.807) is 0 Å². The van der Waals surface area contributed by atoms with Crippen LogP contribution >= 0.6 is 0 Å². The third-order valence-electron chi connectivity index (χ3n) is 5.49. The molecule has 0 heterocycles. The Morgan fingerprint density at radius 1 is 0.643 bits per heavy atom. The van der Waals surface area contributed by atoms with Gasteiger partial charge in [-0.25, -0.2) is 8.42 Å². The minimum Gasteiger partial charge on any atom is -0.748 e. The number of aliphatic hydroxyl groups excluding tert-OH is 1. The summed E-state index contributed by atoms with van der Waals surface area (Å²) in [6.45, 7) is 4.30. The molecule has 0 aliphatic heterocycles. The summed E-state index contributed by atoms with van der Waals surface area (Å²) in [6, 6.07) is 0. The molecule has 0 radical (unpaired) electrons. The second-order valence-electron chi connectivity index (χ2n) is 8.17. The van der Waals surface area contributed by atoms with Crippen LogP contribution in [0.25, 0.3) is 0 Å². The van der Waals surface area contributed by atoms with Gasteiger partial charge in [-0.1, -0.05) is 104 Å². The molecule has 2 atom stereocenters. The van der Waals surface area contributed by atoms with Crippen molar-refractivity contribution in [3.8, 4) is 0 Å². The standard InChI is InChI=1S/C22H46O4S.Na/c1-3-5-7-8-9-10-11-14-17-21(23)18-15-12-16-20-22(27(24,25)26)19-13-6-4-2;/h21-23H,3-20H2,1-2H3,(H,24,25,26);/q;+1/p-1. The quantitative estimate of drug-likeness (QED) is 0.183. The Morgan fingerprint density at radius 2 is 0.964 bits per heavy atom. The Hall–Kier alpha value is 0.870. The Balaban J connectivity index is 0. The molecule has 0 aliphatic carbocycles. The molecule has 0 amide bonds. The van der Waals surface area contributed by atoms with Crippen LogP contribution in [0.5, 0.6) is 0 Å². The van der Waals surface area contributed by atoms with Crippen LogP contribution in [-0.2, 0) is 10.1 Å². The van der Waals surface area contributed by atoms with Gasteiger partial charge < -0.3 is 9.66 Å². The summed E-state index contributed by atoms with van der Waals surface area (Å²) < 4.78 is 34.0. The third-order valence-corrected chi connectivity index (χ3v) is 6.78. The van der Waals surface area contributed by atoms with E-state index in [1.165, 1.54) is 44.9 Å². The normalized spacial score (nSPS) is 13.9. The summed E-state index contributed by atoms with van der Waals surface area (Å²) in [5.74, 6) is 0. The van der Waals surface area contributed by atoms with Crippen LogP contribution < -0.4 is 29.6 Å². The molecule has 28 heavy (non-hydrogen) atoms. The fraction of sp³-hybridized carbons (Fsp3) is 1.00. The molecule has 0 aromatic carbocycles. The topological polar surface area (TPSA) is 77.4 Å². The van der Waals surface area contributed by atoms with E-state index >= 15 is 0 Å². The smallest absolute Gasteiger partial charge is 0.748 e. The second kappa shape index (κ2) is 21.1. The molecule has 0 aromatic heterocycles. The predicted octanol–water partition coefficient (Wildman–Crippen LogP) is 3.33. The van der Waals surface area contributed by atoms with E-state index in [-0.39, 0.29) is 35.7 Å². The van der Waals surface area contributed by atoms with Gasteiger partial charge in [-0.2, -0.15) is 0 Å². The van der Waals surface area contributed by atoms with Gasteiger partial charge in [0.25, 0.3) is 0 Å². The van der Waals surface area contributed by atoms with E-state index in [2.05, 4.69) is 13.8 Å². The average molecular weight is 429 g/mol. The molecule has 0 rings (SSSR count). The Morgan fingerprint density at radius 3 is 1.43 bits per heavy atom. The Labute approximate surface area is 197 Å². The van der Waals surface area contributed by atoms with Gasteiger partial charge in [0.1, 0.15) is 0 Å². The molecule has 164 valence electrons. The number of hydrogen-bond donors (Lipinski definition) is 1. The van der Waals surface area contributed by atoms with Crippen LogP contribution in [0.4, 0.5) is 0 Å². The van der Waals surface area contributed by atoms with Gasteiger partial charge in [0.15, 0.2) is 0 Å². The van der Waals surface area contributed by atoms with Gasteiger partial charge in [-0.3, -0.25) is 0 Å². The van der Waals surface area contributed by atoms with E-state index in [1.807, 2.05) is 0 Å².